The van der Waals surface area contributed by atoms with Crippen molar-refractivity contribution in [3.63, 3.8) is 0 Å². The molecule has 2 atom stereocenters. The van der Waals surface area contributed by atoms with Crippen molar-refractivity contribution in [3.8, 4) is 5.75 Å². The van der Waals surface area contributed by atoms with Crippen molar-refractivity contribution in [2.24, 2.45) is 11.3 Å². The third kappa shape index (κ3) is 3.15. The van der Waals surface area contributed by atoms with Crippen LogP contribution in [0.2, 0.25) is 0 Å². The Hall–Kier alpha value is -2.47. The van der Waals surface area contributed by atoms with E-state index in [4.69, 9.17) is 9.72 Å². The monoisotopic (exact) mass is 383 g/mol. The number of hydrogen-bond donors (Lipinski definition) is 0. The summed E-state index contributed by atoms with van der Waals surface area (Å²) in [6, 6.07) is 9.78. The van der Waals surface area contributed by atoms with Crippen LogP contribution >= 0.6 is 0 Å². The molecule has 2 unspecified atom stereocenters. The molecule has 5 rings (SSSR count). The average Bonchev–Trinajstić information content (AvgIpc) is 3.34. The lowest BCUT2D eigenvalue weighted by Crippen LogP contribution is -2.33. The summed E-state index contributed by atoms with van der Waals surface area (Å²) in [7, 11) is 0. The number of benzene rings is 1. The van der Waals surface area contributed by atoms with Crippen LogP contribution in [0.15, 0.2) is 48.8 Å². The fraction of sp³-hybridized carbons (Fsp3) is 0.409. The van der Waals surface area contributed by atoms with Crippen LogP contribution in [0.1, 0.15) is 25.0 Å². The fourth-order valence-electron chi connectivity index (χ4n) is 4.97. The van der Waals surface area contributed by atoms with Gasteiger partial charge in [-0.25, -0.2) is 13.8 Å². The normalized spacial score (nSPS) is 24.7. The largest absolute Gasteiger partial charge is 0.493 e. The van der Waals surface area contributed by atoms with Crippen molar-refractivity contribution < 1.29 is 13.5 Å². The van der Waals surface area contributed by atoms with Crippen LogP contribution in [0.5, 0.6) is 5.75 Å². The highest BCUT2D eigenvalue weighted by Gasteiger charge is 2.50. The molecule has 4 nitrogen and oxygen atoms in total. The molecule has 0 amide bonds. The lowest BCUT2D eigenvalue weighted by Gasteiger charge is -2.29. The van der Waals surface area contributed by atoms with Gasteiger partial charge in [-0.05, 0) is 43.0 Å². The van der Waals surface area contributed by atoms with E-state index in [9.17, 15) is 8.78 Å². The summed E-state index contributed by atoms with van der Waals surface area (Å²) in [5, 5.41) is 0. The van der Waals surface area contributed by atoms with E-state index in [1.807, 2.05) is 28.8 Å². The van der Waals surface area contributed by atoms with Crippen LogP contribution in [0.4, 0.5) is 8.78 Å². The van der Waals surface area contributed by atoms with E-state index < -0.39 is 11.6 Å². The zero-order valence-corrected chi connectivity index (χ0v) is 15.7. The highest BCUT2D eigenvalue weighted by Crippen LogP contribution is 2.49. The number of ether oxygens (including phenoxy) is 1. The predicted octanol–water partition coefficient (Wildman–Crippen LogP) is 4.29. The molecule has 2 aromatic heterocycles. The van der Waals surface area contributed by atoms with Crippen LogP contribution in [0.3, 0.4) is 0 Å². The van der Waals surface area contributed by atoms with E-state index in [0.29, 0.717) is 18.3 Å². The molecule has 0 N–H and O–H groups in total. The molecule has 0 spiro atoms. The van der Waals surface area contributed by atoms with E-state index in [0.717, 1.165) is 49.5 Å². The second kappa shape index (κ2) is 6.85. The first-order valence-electron chi connectivity index (χ1n) is 9.84. The number of nitrogens with zero attached hydrogens (tertiary/aromatic N) is 3. The molecule has 2 aliphatic rings. The van der Waals surface area contributed by atoms with Gasteiger partial charge in [-0.2, -0.15) is 0 Å². The van der Waals surface area contributed by atoms with Gasteiger partial charge in [0.2, 0.25) is 0 Å². The van der Waals surface area contributed by atoms with E-state index in [-0.39, 0.29) is 5.41 Å². The standard InChI is InChI=1S/C22H23F2N3O/c23-19-7-6-18(10-20(19)24)28-15-22-8-3-4-16(22)11-26(14-22)12-17-13-27-9-2-1-5-21(27)25-17/h1-2,5-7,9-10,13,16H,3-4,8,11-12,14-15H2. The van der Waals surface area contributed by atoms with Gasteiger partial charge in [-0.1, -0.05) is 12.5 Å². The van der Waals surface area contributed by atoms with Gasteiger partial charge in [0.25, 0.3) is 0 Å². The first kappa shape index (κ1) is 17.6. The molecule has 2 fully saturated rings. The van der Waals surface area contributed by atoms with Crippen molar-refractivity contribution in [2.75, 3.05) is 19.7 Å². The Kier molecular flexibility index (Phi) is 4.31. The molecule has 0 bridgehead atoms. The summed E-state index contributed by atoms with van der Waals surface area (Å²) in [4.78, 5) is 7.18. The molecule has 3 heterocycles. The zero-order chi connectivity index (χ0) is 19.1. The number of imidazole rings is 1. The summed E-state index contributed by atoms with van der Waals surface area (Å²) in [6.07, 6.45) is 7.62. The molecular weight excluding hydrogens is 360 g/mol. The summed E-state index contributed by atoms with van der Waals surface area (Å²) in [5.74, 6) is -0.728. The number of pyridine rings is 1. The number of likely N-dealkylation sites (tertiary alicyclic amines) is 1. The number of rotatable bonds is 5. The maximum Gasteiger partial charge on any atom is 0.162 e. The van der Waals surface area contributed by atoms with Gasteiger partial charge < -0.3 is 9.14 Å². The van der Waals surface area contributed by atoms with Crippen LogP contribution < -0.4 is 4.74 Å². The first-order chi connectivity index (χ1) is 13.6. The maximum atomic E-state index is 13.5. The molecule has 28 heavy (non-hydrogen) atoms. The topological polar surface area (TPSA) is 29.8 Å². The third-order valence-electron chi connectivity index (χ3n) is 6.33. The number of halogens is 2. The number of fused-ring (bicyclic) bond motifs is 2. The lowest BCUT2D eigenvalue weighted by atomic mass is 9.81. The van der Waals surface area contributed by atoms with Gasteiger partial charge in [0.05, 0.1) is 12.3 Å². The molecule has 6 heteroatoms. The van der Waals surface area contributed by atoms with Gasteiger partial charge in [0, 0.05) is 43.5 Å². The van der Waals surface area contributed by atoms with Gasteiger partial charge in [-0.15, -0.1) is 0 Å². The van der Waals surface area contributed by atoms with Gasteiger partial charge in [0.15, 0.2) is 11.6 Å². The van der Waals surface area contributed by atoms with E-state index in [1.54, 1.807) is 0 Å². The first-order valence-corrected chi connectivity index (χ1v) is 9.84. The van der Waals surface area contributed by atoms with Gasteiger partial charge >= 0.3 is 0 Å². The highest BCUT2D eigenvalue weighted by molar-refractivity contribution is 5.39. The van der Waals surface area contributed by atoms with Crippen LogP contribution in [0, 0.1) is 23.0 Å². The minimum atomic E-state index is -0.863. The van der Waals surface area contributed by atoms with E-state index >= 15 is 0 Å². The molecule has 1 aliphatic carbocycles. The highest BCUT2D eigenvalue weighted by atomic mass is 19.2. The summed E-state index contributed by atoms with van der Waals surface area (Å²) in [5.41, 5.74) is 2.13. The lowest BCUT2D eigenvalue weighted by molar-refractivity contribution is 0.127. The summed E-state index contributed by atoms with van der Waals surface area (Å²) in [6.45, 7) is 3.36. The predicted molar refractivity (Wildman–Crippen MR) is 102 cm³/mol. The third-order valence-corrected chi connectivity index (χ3v) is 6.33. The smallest absolute Gasteiger partial charge is 0.162 e. The number of hydrogen-bond acceptors (Lipinski definition) is 3. The van der Waals surface area contributed by atoms with Crippen molar-refractivity contribution in [2.45, 2.75) is 25.8 Å². The van der Waals surface area contributed by atoms with E-state index in [1.165, 1.54) is 18.9 Å². The molecule has 1 aromatic carbocycles. The molecule has 3 aromatic rings. The fourth-order valence-corrected chi connectivity index (χ4v) is 4.97. The Morgan fingerprint density at radius 1 is 1.18 bits per heavy atom. The molecule has 0 radical (unpaired) electrons. The van der Waals surface area contributed by atoms with Crippen molar-refractivity contribution >= 4 is 5.65 Å². The van der Waals surface area contributed by atoms with Crippen LogP contribution in [-0.2, 0) is 6.54 Å². The van der Waals surface area contributed by atoms with E-state index in [2.05, 4.69) is 11.1 Å². The Morgan fingerprint density at radius 3 is 2.96 bits per heavy atom. The van der Waals surface area contributed by atoms with Crippen molar-refractivity contribution in [1.82, 2.24) is 14.3 Å². The maximum absolute atomic E-state index is 13.5. The second-order valence-corrected chi connectivity index (χ2v) is 8.18. The second-order valence-electron chi connectivity index (χ2n) is 8.18. The Bertz CT molecular complexity index is 971. The molecule has 1 aliphatic heterocycles. The Balaban J connectivity index is 1.28. The molecule has 1 saturated heterocycles. The zero-order valence-electron chi connectivity index (χ0n) is 15.7. The summed E-state index contributed by atoms with van der Waals surface area (Å²) >= 11 is 0. The van der Waals surface area contributed by atoms with Gasteiger partial charge in [-0.3, -0.25) is 4.90 Å². The number of aromatic nitrogens is 2. The average molecular weight is 383 g/mol. The molecule has 146 valence electrons. The molecule has 1 saturated carbocycles. The van der Waals surface area contributed by atoms with Gasteiger partial charge in [0.1, 0.15) is 11.4 Å². The van der Waals surface area contributed by atoms with Crippen molar-refractivity contribution in [1.29, 1.82) is 0 Å². The SMILES string of the molecule is Fc1ccc(OCC23CCCC2CN(Cc2cn4ccccc4n2)C3)cc1F. The minimum Gasteiger partial charge on any atom is -0.493 e. The van der Waals surface area contributed by atoms with Crippen molar-refractivity contribution in [3.05, 3.63) is 66.1 Å². The quantitative estimate of drug-likeness (QED) is 0.658. The molecular formula is C22H23F2N3O. The minimum absolute atomic E-state index is 0.0873. The summed E-state index contributed by atoms with van der Waals surface area (Å²) < 4.78 is 34.6. The van der Waals surface area contributed by atoms with Crippen LogP contribution in [0.25, 0.3) is 5.65 Å². The van der Waals surface area contributed by atoms with Crippen LogP contribution in [-0.4, -0.2) is 34.0 Å². The Labute approximate surface area is 162 Å². The Morgan fingerprint density at radius 2 is 2.11 bits per heavy atom.